The minimum atomic E-state index is 0.0700. The predicted molar refractivity (Wildman–Crippen MR) is 40.2 cm³/mol. The molecular weight excluding hydrogens is 128 g/mol. The fourth-order valence-electron chi connectivity index (χ4n) is 1.02. The number of hydrogen-bond donors (Lipinski definition) is 1. The van der Waals surface area contributed by atoms with E-state index in [4.69, 9.17) is 0 Å². The van der Waals surface area contributed by atoms with Crippen LogP contribution in [0.1, 0.15) is 19.3 Å². The molecule has 3 nitrogen and oxygen atoms in total. The van der Waals surface area contributed by atoms with Gasteiger partial charge in [0, 0.05) is 19.3 Å². The fourth-order valence-corrected chi connectivity index (χ4v) is 1.02. The van der Waals surface area contributed by atoms with Gasteiger partial charge in [-0.05, 0) is 12.8 Å². The fraction of sp³-hybridized carbons (Fsp3) is 0.714. The number of amides is 1. The Morgan fingerprint density at radius 3 is 3.10 bits per heavy atom. The minimum absolute atomic E-state index is 0.0700. The van der Waals surface area contributed by atoms with Crippen molar-refractivity contribution >= 4 is 11.6 Å². The molecule has 0 saturated carbocycles. The van der Waals surface area contributed by atoms with Gasteiger partial charge in [0.15, 0.2) is 0 Å². The predicted octanol–water partition coefficient (Wildman–Crippen LogP) is 0.357. The van der Waals surface area contributed by atoms with Gasteiger partial charge in [-0.3, -0.25) is 9.79 Å². The molecule has 1 rings (SSSR count). The van der Waals surface area contributed by atoms with E-state index in [9.17, 15) is 4.79 Å². The van der Waals surface area contributed by atoms with E-state index in [1.807, 2.05) is 0 Å². The quantitative estimate of drug-likeness (QED) is 0.591. The van der Waals surface area contributed by atoms with Crippen LogP contribution in [0.3, 0.4) is 0 Å². The summed E-state index contributed by atoms with van der Waals surface area (Å²) in [5.41, 5.74) is 1.05. The van der Waals surface area contributed by atoms with Crippen molar-refractivity contribution in [2.45, 2.75) is 19.3 Å². The highest BCUT2D eigenvalue weighted by molar-refractivity contribution is 6.01. The number of nitrogens with one attached hydrogen (secondary N) is 1. The molecule has 0 saturated heterocycles. The van der Waals surface area contributed by atoms with E-state index < -0.39 is 0 Å². The van der Waals surface area contributed by atoms with Crippen molar-refractivity contribution in [3.8, 4) is 0 Å². The average molecular weight is 140 g/mol. The molecule has 1 aliphatic heterocycles. The number of rotatable bonds is 2. The summed E-state index contributed by atoms with van der Waals surface area (Å²) in [6, 6.07) is 0. The van der Waals surface area contributed by atoms with Gasteiger partial charge in [0.05, 0.1) is 6.42 Å². The number of hydrogen-bond acceptors (Lipinski definition) is 2. The molecule has 0 aromatic heterocycles. The summed E-state index contributed by atoms with van der Waals surface area (Å²) in [5.74, 6) is 0.0700. The second-order valence-electron chi connectivity index (χ2n) is 2.40. The van der Waals surface area contributed by atoms with Gasteiger partial charge >= 0.3 is 0 Å². The third-order valence-electron chi connectivity index (χ3n) is 1.60. The van der Waals surface area contributed by atoms with Crippen molar-refractivity contribution in [3.63, 3.8) is 0 Å². The Labute approximate surface area is 60.5 Å². The third-order valence-corrected chi connectivity index (χ3v) is 1.60. The van der Waals surface area contributed by atoms with Crippen LogP contribution in [0.5, 0.6) is 0 Å². The maximum atomic E-state index is 10.8. The summed E-state index contributed by atoms with van der Waals surface area (Å²) in [6.45, 7) is 0.909. The lowest BCUT2D eigenvalue weighted by atomic mass is 10.2. The lowest BCUT2D eigenvalue weighted by Gasteiger charge is -1.96. The summed E-state index contributed by atoms with van der Waals surface area (Å²) in [5, 5.41) is 2.57. The molecular formula is C7H12N2O. The van der Waals surface area contributed by atoms with Gasteiger partial charge in [-0.15, -0.1) is 0 Å². The van der Waals surface area contributed by atoms with Crippen LogP contribution >= 0.6 is 0 Å². The molecule has 0 radical (unpaired) electrons. The van der Waals surface area contributed by atoms with Crippen LogP contribution in [0.4, 0.5) is 0 Å². The highest BCUT2D eigenvalue weighted by Crippen LogP contribution is 2.06. The molecule has 3 heteroatoms. The second-order valence-corrected chi connectivity index (χ2v) is 2.40. The van der Waals surface area contributed by atoms with E-state index in [2.05, 4.69) is 10.3 Å². The zero-order valence-corrected chi connectivity index (χ0v) is 6.18. The molecule has 0 unspecified atom stereocenters. The summed E-state index contributed by atoms with van der Waals surface area (Å²) >= 11 is 0. The van der Waals surface area contributed by atoms with Gasteiger partial charge in [0.25, 0.3) is 0 Å². The number of nitrogens with zero attached hydrogens (tertiary/aromatic N) is 1. The largest absolute Gasteiger partial charge is 0.359 e. The average Bonchev–Trinajstić information content (AvgIpc) is 2.40. The topological polar surface area (TPSA) is 41.5 Å². The third kappa shape index (κ3) is 1.83. The maximum Gasteiger partial charge on any atom is 0.225 e. The summed E-state index contributed by atoms with van der Waals surface area (Å²) < 4.78 is 0. The van der Waals surface area contributed by atoms with Crippen LogP contribution < -0.4 is 5.32 Å². The molecule has 0 aliphatic carbocycles. The van der Waals surface area contributed by atoms with Gasteiger partial charge in [-0.1, -0.05) is 0 Å². The van der Waals surface area contributed by atoms with Gasteiger partial charge in [-0.2, -0.15) is 0 Å². The molecule has 0 spiro atoms. The van der Waals surface area contributed by atoms with E-state index in [1.165, 1.54) is 0 Å². The van der Waals surface area contributed by atoms with Gasteiger partial charge < -0.3 is 5.32 Å². The molecule has 0 bridgehead atoms. The van der Waals surface area contributed by atoms with E-state index in [1.54, 1.807) is 7.05 Å². The Kier molecular flexibility index (Phi) is 2.42. The number of carbonyl (C=O) groups is 1. The monoisotopic (exact) mass is 140 g/mol. The minimum Gasteiger partial charge on any atom is -0.359 e. The molecule has 10 heavy (non-hydrogen) atoms. The van der Waals surface area contributed by atoms with Crippen LogP contribution in [0.25, 0.3) is 0 Å². The van der Waals surface area contributed by atoms with E-state index in [0.29, 0.717) is 6.42 Å². The standard InChI is InChI=1S/C7H12N2O/c1-8-7(10)5-6-3-2-4-9-6/h2-5H2,1H3,(H,8,10). The Hall–Kier alpha value is -0.860. The molecule has 0 aromatic carbocycles. The van der Waals surface area contributed by atoms with Gasteiger partial charge in [0.1, 0.15) is 0 Å². The molecule has 0 atom stereocenters. The van der Waals surface area contributed by atoms with E-state index in [0.717, 1.165) is 25.1 Å². The second kappa shape index (κ2) is 3.34. The van der Waals surface area contributed by atoms with Crippen molar-refractivity contribution in [3.05, 3.63) is 0 Å². The van der Waals surface area contributed by atoms with Crippen molar-refractivity contribution in [1.82, 2.24) is 5.32 Å². The Morgan fingerprint density at radius 1 is 1.80 bits per heavy atom. The molecule has 1 heterocycles. The molecule has 56 valence electrons. The molecule has 0 fully saturated rings. The maximum absolute atomic E-state index is 10.8. The first-order valence-electron chi connectivity index (χ1n) is 3.55. The number of aliphatic imine (C=N–C) groups is 1. The lowest BCUT2D eigenvalue weighted by molar-refractivity contribution is -0.119. The van der Waals surface area contributed by atoms with Crippen molar-refractivity contribution in [2.24, 2.45) is 4.99 Å². The smallest absolute Gasteiger partial charge is 0.225 e. The molecule has 1 N–H and O–H groups in total. The normalized spacial score (nSPS) is 16.7. The Bertz CT molecular complexity index is 163. The number of carbonyl (C=O) groups excluding carboxylic acids is 1. The first-order chi connectivity index (χ1) is 4.83. The van der Waals surface area contributed by atoms with Crippen LogP contribution in [0.15, 0.2) is 4.99 Å². The van der Waals surface area contributed by atoms with E-state index >= 15 is 0 Å². The van der Waals surface area contributed by atoms with Crippen molar-refractivity contribution in [2.75, 3.05) is 13.6 Å². The van der Waals surface area contributed by atoms with Crippen molar-refractivity contribution in [1.29, 1.82) is 0 Å². The van der Waals surface area contributed by atoms with Gasteiger partial charge in [0.2, 0.25) is 5.91 Å². The highest BCUT2D eigenvalue weighted by Gasteiger charge is 2.09. The first-order valence-corrected chi connectivity index (χ1v) is 3.55. The highest BCUT2D eigenvalue weighted by atomic mass is 16.1. The summed E-state index contributed by atoms with van der Waals surface area (Å²) in [4.78, 5) is 15.0. The van der Waals surface area contributed by atoms with Crippen LogP contribution in [-0.2, 0) is 4.79 Å². The zero-order valence-electron chi connectivity index (χ0n) is 6.18. The van der Waals surface area contributed by atoms with E-state index in [-0.39, 0.29) is 5.91 Å². The lowest BCUT2D eigenvalue weighted by Crippen LogP contribution is -2.20. The first kappa shape index (κ1) is 7.25. The molecule has 1 amide bonds. The Morgan fingerprint density at radius 2 is 2.60 bits per heavy atom. The van der Waals surface area contributed by atoms with Crippen molar-refractivity contribution < 1.29 is 4.79 Å². The SMILES string of the molecule is CNC(=O)CC1=NCCC1. The summed E-state index contributed by atoms with van der Waals surface area (Å²) in [6.07, 6.45) is 2.62. The zero-order chi connectivity index (χ0) is 7.40. The van der Waals surface area contributed by atoms with Crippen LogP contribution in [0.2, 0.25) is 0 Å². The molecule has 0 aromatic rings. The van der Waals surface area contributed by atoms with Gasteiger partial charge in [-0.25, -0.2) is 0 Å². The molecule has 1 aliphatic rings. The summed E-state index contributed by atoms with van der Waals surface area (Å²) in [7, 11) is 1.65. The Balaban J connectivity index is 2.30. The van der Waals surface area contributed by atoms with Crippen LogP contribution in [0, 0.1) is 0 Å². The van der Waals surface area contributed by atoms with Crippen LogP contribution in [-0.4, -0.2) is 25.2 Å².